The van der Waals surface area contributed by atoms with Crippen LogP contribution in [-0.4, -0.2) is 0 Å². The second-order valence-corrected chi connectivity index (χ2v) is 2.01. The van der Waals surface area contributed by atoms with Crippen molar-refractivity contribution in [3.63, 3.8) is 0 Å². The molecule has 1 radical (unpaired) electrons. The molecule has 1 rings (SSSR count). The molecule has 1 aromatic carbocycles. The van der Waals surface area contributed by atoms with Gasteiger partial charge < -0.3 is 4.52 Å². The van der Waals surface area contributed by atoms with Gasteiger partial charge in [0.05, 0.1) is 0 Å². The normalized spacial score (nSPS) is 9.70. The van der Waals surface area contributed by atoms with Crippen LogP contribution in [0.3, 0.4) is 0 Å². The molecule has 2 nitrogen and oxygen atoms in total. The molecule has 0 saturated heterocycles. The molecule has 0 saturated carbocycles. The fourth-order valence-electron chi connectivity index (χ4n) is 0.551. The van der Waals surface area contributed by atoms with Crippen LogP contribution in [0.15, 0.2) is 24.3 Å². The molecule has 0 fully saturated rings. The van der Waals surface area contributed by atoms with Gasteiger partial charge in [0.25, 0.3) is 8.69 Å². The van der Waals surface area contributed by atoms with E-state index in [1.54, 1.807) is 0 Å². The van der Waals surface area contributed by atoms with Gasteiger partial charge in [-0.3, -0.25) is 0 Å². The number of halogens is 1. The second-order valence-electron chi connectivity index (χ2n) is 1.64. The standard InChI is InChI=1S/C6H5FO2P/c7-5-1-3-6(4-2-5)9-10-8/h1-4,10H. The fourth-order valence-corrected chi connectivity index (χ4v) is 0.783. The molecule has 0 aliphatic heterocycles. The topological polar surface area (TPSA) is 26.3 Å². The van der Waals surface area contributed by atoms with Gasteiger partial charge in [-0.05, 0) is 24.3 Å². The molecule has 0 amide bonds. The summed E-state index contributed by atoms with van der Waals surface area (Å²) < 4.78 is 26.7. The molecular formula is C6H5FO2P. The smallest absolute Gasteiger partial charge is 0.253 e. The Hall–Kier alpha value is -0.950. The van der Waals surface area contributed by atoms with Crippen molar-refractivity contribution in [2.75, 3.05) is 0 Å². The summed E-state index contributed by atoms with van der Waals surface area (Å²) in [5.74, 6) is 0.0799. The largest absolute Gasteiger partial charge is 0.419 e. The highest BCUT2D eigenvalue weighted by atomic mass is 31.1. The highest BCUT2D eigenvalue weighted by molar-refractivity contribution is 7.17. The van der Waals surface area contributed by atoms with Gasteiger partial charge in [0.15, 0.2) is 0 Å². The molecule has 0 spiro atoms. The first-order chi connectivity index (χ1) is 4.83. The summed E-state index contributed by atoms with van der Waals surface area (Å²) >= 11 is 0. The van der Waals surface area contributed by atoms with E-state index in [9.17, 15) is 8.96 Å². The average Bonchev–Trinajstić information content (AvgIpc) is 1.95. The summed E-state index contributed by atoms with van der Waals surface area (Å²) in [5.41, 5.74) is 0. The average molecular weight is 159 g/mol. The van der Waals surface area contributed by atoms with Gasteiger partial charge in [-0.25, -0.2) is 8.96 Å². The van der Waals surface area contributed by atoms with Gasteiger partial charge in [-0.15, -0.1) is 0 Å². The number of hydrogen-bond donors (Lipinski definition) is 0. The van der Waals surface area contributed by atoms with E-state index in [1.807, 2.05) is 0 Å². The predicted molar refractivity (Wildman–Crippen MR) is 36.0 cm³/mol. The SMILES string of the molecule is O=[PH]Oc1ccc(F)cc1. The van der Waals surface area contributed by atoms with Gasteiger partial charge in [-0.2, -0.15) is 0 Å². The Morgan fingerprint density at radius 1 is 1.30 bits per heavy atom. The first kappa shape index (κ1) is 7.16. The maximum Gasteiger partial charge on any atom is 0.253 e. The van der Waals surface area contributed by atoms with Crippen molar-refractivity contribution in [1.29, 1.82) is 0 Å². The quantitative estimate of drug-likeness (QED) is 0.618. The van der Waals surface area contributed by atoms with Crippen LogP contribution in [-0.2, 0) is 4.57 Å². The Morgan fingerprint density at radius 3 is 2.40 bits per heavy atom. The van der Waals surface area contributed by atoms with Crippen LogP contribution in [0.2, 0.25) is 0 Å². The minimum atomic E-state index is -0.840. The van der Waals surface area contributed by atoms with Crippen LogP contribution < -0.4 is 4.52 Å². The first-order valence-electron chi connectivity index (χ1n) is 2.62. The van der Waals surface area contributed by atoms with Crippen molar-refractivity contribution in [3.05, 3.63) is 30.1 Å². The zero-order valence-electron chi connectivity index (χ0n) is 5.00. The molecular weight excluding hydrogens is 154 g/mol. The third kappa shape index (κ3) is 1.78. The summed E-state index contributed by atoms with van der Waals surface area (Å²) in [6, 6.07) is 5.32. The van der Waals surface area contributed by atoms with Crippen molar-refractivity contribution in [1.82, 2.24) is 0 Å². The Kier molecular flexibility index (Phi) is 2.35. The van der Waals surface area contributed by atoms with Gasteiger partial charge in [0.2, 0.25) is 0 Å². The summed E-state index contributed by atoms with van der Waals surface area (Å²) in [6.07, 6.45) is 0. The summed E-state index contributed by atoms with van der Waals surface area (Å²) in [4.78, 5) is 0. The summed E-state index contributed by atoms with van der Waals surface area (Å²) in [5, 5.41) is 0. The lowest BCUT2D eigenvalue weighted by molar-refractivity contribution is 0.523. The summed E-state index contributed by atoms with van der Waals surface area (Å²) in [6.45, 7) is 0. The van der Waals surface area contributed by atoms with Crippen LogP contribution in [0.5, 0.6) is 5.75 Å². The van der Waals surface area contributed by atoms with Crippen molar-refractivity contribution in [2.24, 2.45) is 0 Å². The van der Waals surface area contributed by atoms with E-state index < -0.39 is 8.69 Å². The van der Waals surface area contributed by atoms with E-state index in [0.29, 0.717) is 5.75 Å². The number of hydrogen-bond acceptors (Lipinski definition) is 2. The number of rotatable bonds is 2. The van der Waals surface area contributed by atoms with Crippen LogP contribution in [0.1, 0.15) is 0 Å². The van der Waals surface area contributed by atoms with E-state index in [2.05, 4.69) is 4.52 Å². The lowest BCUT2D eigenvalue weighted by Crippen LogP contribution is -1.75. The minimum absolute atomic E-state index is 0.332. The van der Waals surface area contributed by atoms with Crippen molar-refractivity contribution >= 4 is 8.69 Å². The van der Waals surface area contributed by atoms with Crippen molar-refractivity contribution in [3.8, 4) is 5.75 Å². The molecule has 1 atom stereocenters. The monoisotopic (exact) mass is 159 g/mol. The van der Waals surface area contributed by atoms with Gasteiger partial charge in [0, 0.05) is 0 Å². The van der Waals surface area contributed by atoms with E-state index >= 15 is 0 Å². The molecule has 0 aliphatic rings. The molecule has 0 aliphatic carbocycles. The highest BCUT2D eigenvalue weighted by Crippen LogP contribution is 2.14. The third-order valence-corrected chi connectivity index (χ3v) is 1.29. The maximum atomic E-state index is 12.2. The maximum absolute atomic E-state index is 12.2. The number of benzene rings is 1. The third-order valence-electron chi connectivity index (χ3n) is 0.973. The van der Waals surface area contributed by atoms with Gasteiger partial charge >= 0.3 is 0 Å². The Bertz CT molecular complexity index is 222. The first-order valence-corrected chi connectivity index (χ1v) is 3.44. The van der Waals surface area contributed by atoms with E-state index in [0.717, 1.165) is 0 Å². The van der Waals surface area contributed by atoms with Gasteiger partial charge in [0.1, 0.15) is 11.6 Å². The van der Waals surface area contributed by atoms with Crippen LogP contribution in [0.25, 0.3) is 0 Å². The van der Waals surface area contributed by atoms with Crippen LogP contribution >= 0.6 is 8.69 Å². The molecule has 0 aromatic heterocycles. The highest BCUT2D eigenvalue weighted by Gasteiger charge is 1.90. The van der Waals surface area contributed by atoms with Crippen molar-refractivity contribution < 1.29 is 13.5 Å². The lowest BCUT2D eigenvalue weighted by atomic mass is 10.3. The zero-order chi connectivity index (χ0) is 7.40. The summed E-state index contributed by atoms with van der Waals surface area (Å²) in [7, 11) is -0.840. The molecule has 1 unspecified atom stereocenters. The van der Waals surface area contributed by atoms with Gasteiger partial charge in [-0.1, -0.05) is 0 Å². The Balaban J connectivity index is 2.78. The molecule has 0 heterocycles. The molecule has 10 heavy (non-hydrogen) atoms. The minimum Gasteiger partial charge on any atom is -0.419 e. The Labute approximate surface area is 58.9 Å². The predicted octanol–water partition coefficient (Wildman–Crippen LogP) is 2.14. The van der Waals surface area contributed by atoms with Crippen LogP contribution in [0.4, 0.5) is 4.39 Å². The molecule has 53 valence electrons. The lowest BCUT2D eigenvalue weighted by Gasteiger charge is -1.93. The van der Waals surface area contributed by atoms with Crippen molar-refractivity contribution in [2.45, 2.75) is 0 Å². The Morgan fingerprint density at radius 2 is 1.90 bits per heavy atom. The molecule has 0 bridgehead atoms. The zero-order valence-corrected chi connectivity index (χ0v) is 6.00. The second kappa shape index (κ2) is 3.28. The van der Waals surface area contributed by atoms with E-state index in [1.165, 1.54) is 24.3 Å². The fraction of sp³-hybridized carbons (Fsp3) is 0. The molecule has 0 N–H and O–H groups in total. The molecule has 1 aromatic rings. The van der Waals surface area contributed by atoms with E-state index in [4.69, 9.17) is 0 Å². The van der Waals surface area contributed by atoms with E-state index in [-0.39, 0.29) is 5.82 Å². The molecule has 4 heteroatoms. The van der Waals surface area contributed by atoms with Crippen LogP contribution in [0, 0.1) is 5.82 Å².